The van der Waals surface area contributed by atoms with E-state index in [0.29, 0.717) is 5.15 Å². The molecule has 1 aromatic rings. The first-order valence-corrected chi connectivity index (χ1v) is 6.92. The van der Waals surface area contributed by atoms with E-state index in [1.54, 1.807) is 7.05 Å². The highest BCUT2D eigenvalue weighted by Crippen LogP contribution is 2.34. The van der Waals surface area contributed by atoms with Gasteiger partial charge in [0.2, 0.25) is 5.91 Å². The number of carbonyl (C=O) groups is 1. The lowest BCUT2D eigenvalue weighted by molar-refractivity contribution is -0.121. The normalized spacial score (nSPS) is 19.0. The van der Waals surface area contributed by atoms with E-state index in [1.165, 1.54) is 6.33 Å². The fourth-order valence-corrected chi connectivity index (χ4v) is 2.90. The largest absolute Gasteiger partial charge is 0.357 e. The maximum absolute atomic E-state index is 11.9. The van der Waals surface area contributed by atoms with E-state index >= 15 is 0 Å². The molecular formula is C13H19ClN4O. The van der Waals surface area contributed by atoms with Gasteiger partial charge >= 0.3 is 0 Å². The van der Waals surface area contributed by atoms with Crippen LogP contribution < -0.4 is 10.2 Å². The standard InChI is InChI=1S/C13H19ClN4O/c1-8(2)10-11(14)16-7-17-12(10)18-6-4-5-9(18)13(19)15-3/h7-9H,4-6H2,1-3H3,(H,15,19). The molecule has 104 valence electrons. The molecule has 0 radical (unpaired) electrons. The Balaban J connectivity index is 2.41. The number of carbonyl (C=O) groups excluding carboxylic acids is 1. The van der Waals surface area contributed by atoms with Gasteiger partial charge in [-0.05, 0) is 18.8 Å². The molecule has 1 aliphatic rings. The first kappa shape index (κ1) is 14.1. The Morgan fingerprint density at radius 3 is 2.89 bits per heavy atom. The molecule has 6 heteroatoms. The first-order chi connectivity index (χ1) is 9.06. The molecule has 0 aromatic carbocycles. The lowest BCUT2D eigenvalue weighted by Crippen LogP contribution is -2.42. The van der Waals surface area contributed by atoms with Crippen molar-refractivity contribution in [3.8, 4) is 0 Å². The molecule has 1 aromatic heterocycles. The molecule has 1 fully saturated rings. The number of aromatic nitrogens is 2. The van der Waals surface area contributed by atoms with Gasteiger partial charge in [0.15, 0.2) is 0 Å². The van der Waals surface area contributed by atoms with Crippen LogP contribution in [0.5, 0.6) is 0 Å². The van der Waals surface area contributed by atoms with Crippen LogP contribution in [0.3, 0.4) is 0 Å². The minimum Gasteiger partial charge on any atom is -0.357 e. The molecule has 19 heavy (non-hydrogen) atoms. The zero-order valence-electron chi connectivity index (χ0n) is 11.5. The third kappa shape index (κ3) is 2.66. The monoisotopic (exact) mass is 282 g/mol. The van der Waals surface area contributed by atoms with E-state index < -0.39 is 0 Å². The Bertz CT molecular complexity index is 478. The average Bonchev–Trinajstić information content (AvgIpc) is 2.86. The van der Waals surface area contributed by atoms with E-state index in [4.69, 9.17) is 11.6 Å². The third-order valence-corrected chi connectivity index (χ3v) is 3.77. The maximum atomic E-state index is 11.9. The van der Waals surface area contributed by atoms with Gasteiger partial charge in [0.1, 0.15) is 23.3 Å². The average molecular weight is 283 g/mol. The van der Waals surface area contributed by atoms with Crippen LogP contribution in [0.15, 0.2) is 6.33 Å². The van der Waals surface area contributed by atoms with E-state index in [9.17, 15) is 4.79 Å². The molecule has 0 aliphatic carbocycles. The number of nitrogens with one attached hydrogen (secondary N) is 1. The van der Waals surface area contributed by atoms with Crippen molar-refractivity contribution in [3.05, 3.63) is 17.0 Å². The maximum Gasteiger partial charge on any atom is 0.242 e. The quantitative estimate of drug-likeness (QED) is 0.861. The summed E-state index contributed by atoms with van der Waals surface area (Å²) in [5, 5.41) is 3.19. The van der Waals surface area contributed by atoms with Gasteiger partial charge in [0.25, 0.3) is 0 Å². The van der Waals surface area contributed by atoms with Crippen molar-refractivity contribution in [1.82, 2.24) is 15.3 Å². The summed E-state index contributed by atoms with van der Waals surface area (Å²) in [6.45, 7) is 4.93. The molecule has 0 saturated carbocycles. The predicted octanol–water partition coefficient (Wildman–Crippen LogP) is 1.97. The van der Waals surface area contributed by atoms with Gasteiger partial charge in [-0.25, -0.2) is 9.97 Å². The molecule has 0 bridgehead atoms. The Labute approximate surface area is 118 Å². The summed E-state index contributed by atoms with van der Waals surface area (Å²) in [4.78, 5) is 22.4. The zero-order valence-corrected chi connectivity index (χ0v) is 12.2. The minimum atomic E-state index is -0.159. The van der Waals surface area contributed by atoms with Gasteiger partial charge in [-0.15, -0.1) is 0 Å². The minimum absolute atomic E-state index is 0.0296. The summed E-state index contributed by atoms with van der Waals surface area (Å²) in [6.07, 6.45) is 3.29. The predicted molar refractivity (Wildman–Crippen MR) is 75.6 cm³/mol. The molecule has 2 heterocycles. The van der Waals surface area contributed by atoms with Gasteiger partial charge in [-0.1, -0.05) is 25.4 Å². The van der Waals surface area contributed by atoms with E-state index in [2.05, 4.69) is 29.1 Å². The van der Waals surface area contributed by atoms with Crippen LogP contribution in [0.25, 0.3) is 0 Å². The van der Waals surface area contributed by atoms with E-state index in [-0.39, 0.29) is 17.9 Å². The Hall–Kier alpha value is -1.36. The van der Waals surface area contributed by atoms with Crippen LogP contribution in [0, 0.1) is 0 Å². The number of anilines is 1. The number of hydrogen-bond donors (Lipinski definition) is 1. The fourth-order valence-electron chi connectivity index (χ4n) is 2.55. The second-order valence-electron chi connectivity index (χ2n) is 5.02. The molecule has 1 aliphatic heterocycles. The summed E-state index contributed by atoms with van der Waals surface area (Å²) in [5.74, 6) is 1.04. The number of nitrogens with zero attached hydrogens (tertiary/aromatic N) is 3. The summed E-state index contributed by atoms with van der Waals surface area (Å²) in [6, 6.07) is -0.159. The van der Waals surface area contributed by atoms with Crippen molar-refractivity contribution in [2.75, 3.05) is 18.5 Å². The van der Waals surface area contributed by atoms with Crippen LogP contribution >= 0.6 is 11.6 Å². The van der Waals surface area contributed by atoms with Crippen LogP contribution in [-0.4, -0.2) is 35.5 Å². The fraction of sp³-hybridized carbons (Fsp3) is 0.615. The van der Waals surface area contributed by atoms with E-state index in [0.717, 1.165) is 30.8 Å². The number of rotatable bonds is 3. The molecule has 1 atom stereocenters. The number of halogens is 1. The van der Waals surface area contributed by atoms with Crippen molar-refractivity contribution in [2.45, 2.75) is 38.6 Å². The number of hydrogen-bond acceptors (Lipinski definition) is 4. The Kier molecular flexibility index (Phi) is 4.24. The van der Waals surface area contributed by atoms with Crippen molar-refractivity contribution >= 4 is 23.3 Å². The number of amides is 1. The molecule has 1 saturated heterocycles. The Morgan fingerprint density at radius 2 is 2.26 bits per heavy atom. The molecule has 5 nitrogen and oxygen atoms in total. The van der Waals surface area contributed by atoms with Gasteiger partial charge in [0.05, 0.1) is 0 Å². The summed E-state index contributed by atoms with van der Waals surface area (Å²) in [5.41, 5.74) is 0.917. The highest BCUT2D eigenvalue weighted by Gasteiger charge is 2.33. The molecular weight excluding hydrogens is 264 g/mol. The lowest BCUT2D eigenvalue weighted by atomic mass is 10.1. The van der Waals surface area contributed by atoms with Gasteiger partial charge in [-0.2, -0.15) is 0 Å². The van der Waals surface area contributed by atoms with E-state index in [1.807, 2.05) is 4.90 Å². The van der Waals surface area contributed by atoms with Gasteiger partial charge in [0, 0.05) is 19.2 Å². The highest BCUT2D eigenvalue weighted by molar-refractivity contribution is 6.30. The third-order valence-electron chi connectivity index (χ3n) is 3.47. The topological polar surface area (TPSA) is 58.1 Å². The van der Waals surface area contributed by atoms with Gasteiger partial charge in [-0.3, -0.25) is 4.79 Å². The summed E-state index contributed by atoms with van der Waals surface area (Å²) < 4.78 is 0. The van der Waals surface area contributed by atoms with Crippen LogP contribution in [0.2, 0.25) is 5.15 Å². The van der Waals surface area contributed by atoms with Crippen LogP contribution in [0.4, 0.5) is 5.82 Å². The second kappa shape index (κ2) is 5.74. The molecule has 1 unspecified atom stereocenters. The first-order valence-electron chi connectivity index (χ1n) is 6.55. The Morgan fingerprint density at radius 1 is 1.53 bits per heavy atom. The van der Waals surface area contributed by atoms with Gasteiger partial charge < -0.3 is 10.2 Å². The molecule has 0 spiro atoms. The van der Waals surface area contributed by atoms with Crippen molar-refractivity contribution < 1.29 is 4.79 Å². The van der Waals surface area contributed by atoms with Crippen molar-refractivity contribution in [2.24, 2.45) is 0 Å². The lowest BCUT2D eigenvalue weighted by Gasteiger charge is -2.27. The SMILES string of the molecule is CNC(=O)C1CCCN1c1ncnc(Cl)c1C(C)C. The number of likely N-dealkylation sites (N-methyl/N-ethyl adjacent to an activating group) is 1. The van der Waals surface area contributed by atoms with Crippen molar-refractivity contribution in [3.63, 3.8) is 0 Å². The summed E-state index contributed by atoms with van der Waals surface area (Å²) in [7, 11) is 1.66. The molecule has 2 rings (SSSR count). The zero-order chi connectivity index (χ0) is 14.0. The van der Waals surface area contributed by atoms with Crippen molar-refractivity contribution in [1.29, 1.82) is 0 Å². The molecule has 1 amide bonds. The molecule has 1 N–H and O–H groups in total. The highest BCUT2D eigenvalue weighted by atomic mass is 35.5. The smallest absolute Gasteiger partial charge is 0.242 e. The summed E-state index contributed by atoms with van der Waals surface area (Å²) >= 11 is 6.19. The van der Waals surface area contributed by atoms with Crippen LogP contribution in [0.1, 0.15) is 38.2 Å². The van der Waals surface area contributed by atoms with Crippen LogP contribution in [-0.2, 0) is 4.79 Å². The second-order valence-corrected chi connectivity index (χ2v) is 5.38.